The molecular weight excluding hydrogens is 228 g/mol. The van der Waals surface area contributed by atoms with Gasteiger partial charge in [0.2, 0.25) is 5.91 Å². The lowest BCUT2D eigenvalue weighted by Gasteiger charge is -2.21. The molecule has 1 rings (SSSR count). The molecular formula is C13H24N4O. The molecule has 0 unspecified atom stereocenters. The van der Waals surface area contributed by atoms with Gasteiger partial charge < -0.3 is 15.2 Å². The lowest BCUT2D eigenvalue weighted by Crippen LogP contribution is -2.42. The van der Waals surface area contributed by atoms with Crippen LogP contribution in [0.15, 0.2) is 12.5 Å². The van der Waals surface area contributed by atoms with Gasteiger partial charge in [0.05, 0.1) is 12.0 Å². The highest BCUT2D eigenvalue weighted by molar-refractivity contribution is 5.76. The van der Waals surface area contributed by atoms with E-state index in [-0.39, 0.29) is 11.4 Å². The van der Waals surface area contributed by atoms with Crippen LogP contribution in [0.4, 0.5) is 0 Å². The van der Waals surface area contributed by atoms with Crippen LogP contribution in [0.5, 0.6) is 0 Å². The van der Waals surface area contributed by atoms with E-state index in [2.05, 4.69) is 22.5 Å². The maximum atomic E-state index is 11.8. The summed E-state index contributed by atoms with van der Waals surface area (Å²) in [5.41, 5.74) is 0.839. The Bertz CT molecular complexity index is 379. The van der Waals surface area contributed by atoms with Crippen molar-refractivity contribution < 1.29 is 4.79 Å². The van der Waals surface area contributed by atoms with Crippen molar-refractivity contribution in [2.45, 2.75) is 52.7 Å². The van der Waals surface area contributed by atoms with Gasteiger partial charge in [-0.25, -0.2) is 4.98 Å². The van der Waals surface area contributed by atoms with Crippen LogP contribution in [-0.2, 0) is 17.9 Å². The topological polar surface area (TPSA) is 59.0 Å². The number of nitrogens with one attached hydrogen (secondary N) is 2. The zero-order valence-corrected chi connectivity index (χ0v) is 11.8. The lowest BCUT2D eigenvalue weighted by atomic mass is 10.1. The van der Waals surface area contributed by atoms with Gasteiger partial charge in [-0.2, -0.15) is 0 Å². The van der Waals surface area contributed by atoms with Gasteiger partial charge in [-0.1, -0.05) is 6.92 Å². The predicted octanol–water partition coefficient (Wildman–Crippen LogP) is 1.30. The van der Waals surface area contributed by atoms with Crippen molar-refractivity contribution in [1.82, 2.24) is 20.2 Å². The zero-order valence-electron chi connectivity index (χ0n) is 11.8. The van der Waals surface area contributed by atoms with Crippen molar-refractivity contribution in [3.63, 3.8) is 0 Å². The fourth-order valence-electron chi connectivity index (χ4n) is 1.64. The maximum Gasteiger partial charge on any atom is 0.240 e. The Morgan fingerprint density at radius 3 is 2.78 bits per heavy atom. The molecule has 18 heavy (non-hydrogen) atoms. The fraction of sp³-hybridized carbons (Fsp3) is 0.692. The van der Waals surface area contributed by atoms with E-state index < -0.39 is 0 Å². The summed E-state index contributed by atoms with van der Waals surface area (Å²) >= 11 is 0. The Morgan fingerprint density at radius 2 is 2.17 bits per heavy atom. The molecule has 0 atom stereocenters. The average molecular weight is 252 g/mol. The van der Waals surface area contributed by atoms with Crippen LogP contribution >= 0.6 is 0 Å². The van der Waals surface area contributed by atoms with Crippen LogP contribution in [0.25, 0.3) is 0 Å². The van der Waals surface area contributed by atoms with Crippen LogP contribution in [0, 0.1) is 0 Å². The minimum atomic E-state index is -0.196. The normalized spacial score (nSPS) is 11.6. The first kappa shape index (κ1) is 14.7. The number of rotatable bonds is 6. The first-order valence-electron chi connectivity index (χ1n) is 6.43. The molecule has 0 aromatic carbocycles. The number of aromatic nitrogens is 2. The zero-order chi connectivity index (χ0) is 13.6. The minimum Gasteiger partial charge on any atom is -0.350 e. The molecule has 102 valence electrons. The Kier molecular flexibility index (Phi) is 5.34. The van der Waals surface area contributed by atoms with Crippen LogP contribution in [0.2, 0.25) is 0 Å². The van der Waals surface area contributed by atoms with E-state index in [1.165, 1.54) is 0 Å². The third-order valence-corrected chi connectivity index (χ3v) is 2.36. The molecule has 5 heteroatoms. The molecule has 0 saturated carbocycles. The predicted molar refractivity (Wildman–Crippen MR) is 72.1 cm³/mol. The summed E-state index contributed by atoms with van der Waals surface area (Å²) in [5.74, 6) is 0.0113. The summed E-state index contributed by atoms with van der Waals surface area (Å²) in [6.45, 7) is 10.1. The van der Waals surface area contributed by atoms with E-state index >= 15 is 0 Å². The highest BCUT2D eigenvalue weighted by Crippen LogP contribution is 2.02. The van der Waals surface area contributed by atoms with Crippen LogP contribution in [-0.4, -0.2) is 27.5 Å². The quantitative estimate of drug-likeness (QED) is 0.750. The fourth-order valence-corrected chi connectivity index (χ4v) is 1.64. The third-order valence-electron chi connectivity index (χ3n) is 2.36. The van der Waals surface area contributed by atoms with Gasteiger partial charge >= 0.3 is 0 Å². The number of hydrogen-bond donors (Lipinski definition) is 2. The summed E-state index contributed by atoms with van der Waals surface area (Å²) in [4.78, 5) is 15.9. The number of carbonyl (C=O) groups is 1. The molecule has 0 fully saturated rings. The van der Waals surface area contributed by atoms with E-state index in [0.717, 1.165) is 25.2 Å². The van der Waals surface area contributed by atoms with Gasteiger partial charge in [0, 0.05) is 18.3 Å². The van der Waals surface area contributed by atoms with Gasteiger partial charge in [-0.05, 0) is 33.7 Å². The van der Waals surface area contributed by atoms with E-state index in [1.54, 1.807) is 12.5 Å². The Labute approximate surface area is 109 Å². The summed E-state index contributed by atoms with van der Waals surface area (Å²) in [7, 11) is 0. The number of hydrogen-bond acceptors (Lipinski definition) is 3. The summed E-state index contributed by atoms with van der Waals surface area (Å²) in [6, 6.07) is 0. The van der Waals surface area contributed by atoms with Crippen molar-refractivity contribution in [2.24, 2.45) is 0 Å². The van der Waals surface area contributed by atoms with E-state index in [0.29, 0.717) is 6.54 Å². The van der Waals surface area contributed by atoms with E-state index in [9.17, 15) is 4.79 Å². The SMILES string of the molecule is CCCNCc1cncn1CC(=O)NC(C)(C)C. The van der Waals surface area contributed by atoms with Gasteiger partial charge in [-0.3, -0.25) is 4.79 Å². The highest BCUT2D eigenvalue weighted by atomic mass is 16.2. The standard InChI is InChI=1S/C13H24N4O/c1-5-6-14-7-11-8-15-10-17(11)9-12(18)16-13(2,3)4/h8,10,14H,5-7,9H2,1-4H3,(H,16,18). The largest absolute Gasteiger partial charge is 0.350 e. The second kappa shape index (κ2) is 6.54. The first-order chi connectivity index (χ1) is 8.42. The monoisotopic (exact) mass is 252 g/mol. The van der Waals surface area contributed by atoms with Crippen molar-refractivity contribution in [1.29, 1.82) is 0 Å². The second-order valence-corrected chi connectivity index (χ2v) is 5.49. The van der Waals surface area contributed by atoms with Crippen molar-refractivity contribution in [2.75, 3.05) is 6.54 Å². The molecule has 1 aromatic heterocycles. The maximum absolute atomic E-state index is 11.8. The van der Waals surface area contributed by atoms with Crippen LogP contribution in [0.3, 0.4) is 0 Å². The first-order valence-corrected chi connectivity index (χ1v) is 6.43. The number of amides is 1. The van der Waals surface area contributed by atoms with Crippen molar-refractivity contribution in [3.05, 3.63) is 18.2 Å². The number of carbonyl (C=O) groups excluding carboxylic acids is 1. The number of nitrogens with zero attached hydrogens (tertiary/aromatic N) is 2. The average Bonchev–Trinajstić information content (AvgIpc) is 2.63. The molecule has 1 amide bonds. The van der Waals surface area contributed by atoms with Gasteiger partial charge in [0.1, 0.15) is 6.54 Å². The molecule has 0 radical (unpaired) electrons. The third kappa shape index (κ3) is 5.31. The molecule has 2 N–H and O–H groups in total. The van der Waals surface area contributed by atoms with Gasteiger partial charge in [-0.15, -0.1) is 0 Å². The van der Waals surface area contributed by atoms with Crippen LogP contribution < -0.4 is 10.6 Å². The minimum absolute atomic E-state index is 0.0113. The van der Waals surface area contributed by atoms with Crippen molar-refractivity contribution >= 4 is 5.91 Å². The summed E-state index contributed by atoms with van der Waals surface area (Å²) in [6.07, 6.45) is 4.59. The molecule has 0 aliphatic rings. The van der Waals surface area contributed by atoms with Gasteiger partial charge in [0.25, 0.3) is 0 Å². The van der Waals surface area contributed by atoms with Gasteiger partial charge in [0.15, 0.2) is 0 Å². The molecule has 0 spiro atoms. The molecule has 0 aliphatic carbocycles. The van der Waals surface area contributed by atoms with Crippen LogP contribution in [0.1, 0.15) is 39.8 Å². The highest BCUT2D eigenvalue weighted by Gasteiger charge is 2.14. The molecule has 1 heterocycles. The molecule has 1 aromatic rings. The Balaban J connectivity index is 2.51. The van der Waals surface area contributed by atoms with E-state index in [1.807, 2.05) is 25.3 Å². The number of imidazole rings is 1. The summed E-state index contributed by atoms with van der Waals surface area (Å²) < 4.78 is 1.88. The second-order valence-electron chi connectivity index (χ2n) is 5.49. The molecule has 0 bridgehead atoms. The Morgan fingerprint density at radius 1 is 1.44 bits per heavy atom. The van der Waals surface area contributed by atoms with E-state index in [4.69, 9.17) is 0 Å². The summed E-state index contributed by atoms with van der Waals surface area (Å²) in [5, 5.41) is 6.25. The van der Waals surface area contributed by atoms with Crippen molar-refractivity contribution in [3.8, 4) is 0 Å². The Hall–Kier alpha value is -1.36. The molecule has 5 nitrogen and oxygen atoms in total. The smallest absolute Gasteiger partial charge is 0.240 e. The molecule has 0 saturated heterocycles. The lowest BCUT2D eigenvalue weighted by molar-refractivity contribution is -0.123. The molecule has 0 aliphatic heterocycles.